The van der Waals surface area contributed by atoms with E-state index in [1.165, 1.54) is 18.4 Å². The molecule has 0 saturated carbocycles. The monoisotopic (exact) mass is 612 g/mol. The topological polar surface area (TPSA) is 140 Å². The molecule has 9 nitrogen and oxygen atoms in total. The molecule has 5 aromatic carbocycles. The van der Waals surface area contributed by atoms with E-state index < -0.39 is 17.7 Å². The lowest BCUT2D eigenvalue weighted by atomic mass is 9.80. The molecule has 0 aliphatic carbocycles. The van der Waals surface area contributed by atoms with Gasteiger partial charge in [-0.3, -0.25) is 4.79 Å². The van der Waals surface area contributed by atoms with E-state index in [2.05, 4.69) is 0 Å². The molecule has 0 bridgehead atoms. The molecule has 1 unspecified atom stereocenters. The fourth-order valence-electron chi connectivity index (χ4n) is 5.95. The van der Waals surface area contributed by atoms with Crippen LogP contribution in [-0.2, 0) is 20.1 Å². The molecule has 9 heteroatoms. The van der Waals surface area contributed by atoms with E-state index in [-0.39, 0.29) is 28.8 Å². The number of carbonyl (C=O) groups is 3. The normalized spacial score (nSPS) is 17.3. The number of aromatic carboxylic acids is 1. The Morgan fingerprint density at radius 3 is 1.98 bits per heavy atom. The minimum Gasteiger partial charge on any atom is -0.508 e. The Morgan fingerprint density at radius 1 is 0.696 bits per heavy atom. The first-order chi connectivity index (χ1) is 22.3. The van der Waals surface area contributed by atoms with Crippen molar-refractivity contribution < 1.29 is 43.9 Å². The highest BCUT2D eigenvalue weighted by molar-refractivity contribution is 6.27. The third-order valence-electron chi connectivity index (χ3n) is 8.05. The van der Waals surface area contributed by atoms with Crippen molar-refractivity contribution in [3.05, 3.63) is 160 Å². The molecule has 0 radical (unpaired) electrons. The van der Waals surface area contributed by atoms with Gasteiger partial charge in [-0.05, 0) is 41.5 Å². The molecule has 0 fully saturated rings. The van der Waals surface area contributed by atoms with Crippen LogP contribution in [0.1, 0.15) is 54.5 Å². The first kappa shape index (κ1) is 28.4. The van der Waals surface area contributed by atoms with Gasteiger partial charge in [0.1, 0.15) is 29.3 Å². The summed E-state index contributed by atoms with van der Waals surface area (Å²) in [6, 6.07) is 32.3. The molecule has 0 aromatic heterocycles. The third kappa shape index (κ3) is 4.62. The number of rotatable bonds is 3. The molecule has 3 N–H and O–H groups in total. The quantitative estimate of drug-likeness (QED) is 0.186. The van der Waals surface area contributed by atoms with Crippen LogP contribution in [0.2, 0.25) is 0 Å². The highest BCUT2D eigenvalue weighted by Gasteiger charge is 2.57. The van der Waals surface area contributed by atoms with E-state index in [0.29, 0.717) is 33.8 Å². The smallest absolute Gasteiger partial charge is 0.347 e. The summed E-state index contributed by atoms with van der Waals surface area (Å²) in [5, 5.41) is 29.1. The predicted molar refractivity (Wildman–Crippen MR) is 165 cm³/mol. The first-order valence-electron chi connectivity index (χ1n) is 14.2. The van der Waals surface area contributed by atoms with Crippen molar-refractivity contribution in [1.29, 1.82) is 0 Å². The summed E-state index contributed by atoms with van der Waals surface area (Å²) in [6.07, 6.45) is 1.37. The lowest BCUT2D eigenvalue weighted by molar-refractivity contribution is -0.173. The number of carboxylic acids is 1. The molecule has 3 aliphatic heterocycles. The Hall–Kier alpha value is -6.35. The van der Waals surface area contributed by atoms with E-state index in [1.807, 2.05) is 30.3 Å². The molecular weight excluding hydrogens is 588 g/mol. The zero-order chi connectivity index (χ0) is 32.0. The van der Waals surface area contributed by atoms with Crippen LogP contribution in [0, 0.1) is 0 Å². The average molecular weight is 613 g/mol. The number of phenolic OH excluding ortho intramolecular Hbond substituents is 2. The van der Waals surface area contributed by atoms with E-state index in [9.17, 15) is 29.7 Å². The van der Waals surface area contributed by atoms with Crippen molar-refractivity contribution in [2.45, 2.75) is 11.7 Å². The third-order valence-corrected chi connectivity index (χ3v) is 8.05. The number of hydrogen-bond acceptors (Lipinski definition) is 8. The molecule has 46 heavy (non-hydrogen) atoms. The van der Waals surface area contributed by atoms with Gasteiger partial charge in [0.05, 0.1) is 22.3 Å². The molecule has 0 saturated heterocycles. The van der Waals surface area contributed by atoms with Crippen molar-refractivity contribution in [2.24, 2.45) is 0 Å². The lowest BCUT2D eigenvalue weighted by Crippen LogP contribution is -2.34. The van der Waals surface area contributed by atoms with Crippen molar-refractivity contribution >= 4 is 23.3 Å². The zero-order valence-corrected chi connectivity index (χ0v) is 23.9. The number of aromatic hydroxyl groups is 2. The van der Waals surface area contributed by atoms with Gasteiger partial charge in [-0.25, -0.2) is 9.59 Å². The highest BCUT2D eigenvalue weighted by Crippen LogP contribution is 2.50. The predicted octanol–water partition coefficient (Wildman–Crippen LogP) is 6.73. The molecule has 226 valence electrons. The van der Waals surface area contributed by atoms with Gasteiger partial charge in [0.25, 0.3) is 5.78 Å². The van der Waals surface area contributed by atoms with Gasteiger partial charge in [0.15, 0.2) is 0 Å². The summed E-state index contributed by atoms with van der Waals surface area (Å²) >= 11 is 0. The number of phenols is 2. The second-order valence-electron chi connectivity index (χ2n) is 10.8. The molecule has 3 heterocycles. The minimum absolute atomic E-state index is 0.0487. The zero-order valence-electron chi connectivity index (χ0n) is 23.9. The summed E-state index contributed by atoms with van der Waals surface area (Å²) in [5.41, 5.74) is 4.30. The maximum absolute atomic E-state index is 12.8. The van der Waals surface area contributed by atoms with Crippen LogP contribution in [0.25, 0.3) is 5.57 Å². The number of benzene rings is 5. The Bertz CT molecular complexity index is 2030. The standard InChI is InChI=1S/C20H14O5.C17H10O4/c21-11-5-7-15-17(9-11)25-18-10-12(22)6-8-16(18)19(15)13-3-1-2-4-14(13)20(23)24;18-15-13(11-6-2-1-3-7-11)10-20-17(15)14-9-5-4-8-12(14)16(19)21-17/h1-10,19,21-22H,(H,23,24);1-10H. The number of ketones is 1. The molecule has 1 spiro atoms. The number of ether oxygens (including phenoxy) is 3. The van der Waals surface area contributed by atoms with Crippen molar-refractivity contribution in [3.8, 4) is 23.0 Å². The first-order valence-corrected chi connectivity index (χ1v) is 14.2. The van der Waals surface area contributed by atoms with Gasteiger partial charge in [-0.2, -0.15) is 0 Å². The lowest BCUT2D eigenvalue weighted by Gasteiger charge is -2.29. The highest BCUT2D eigenvalue weighted by atomic mass is 16.7. The van der Waals surface area contributed by atoms with E-state index >= 15 is 0 Å². The van der Waals surface area contributed by atoms with Crippen LogP contribution in [0.15, 0.2) is 122 Å². The van der Waals surface area contributed by atoms with Crippen molar-refractivity contribution in [1.82, 2.24) is 0 Å². The van der Waals surface area contributed by atoms with E-state index in [1.54, 1.807) is 72.8 Å². The number of hydrogen-bond donors (Lipinski definition) is 3. The SMILES string of the molecule is O=C(O)c1ccccc1C1c2ccc(O)cc2Oc2cc(O)ccc21.O=C1OC2(OC=C(c3ccccc3)C2=O)c2ccccc21. The number of carbonyl (C=O) groups excluding carboxylic acids is 2. The largest absolute Gasteiger partial charge is 0.508 e. The van der Waals surface area contributed by atoms with Crippen LogP contribution >= 0.6 is 0 Å². The number of esters is 1. The molecule has 8 rings (SSSR count). The Morgan fingerprint density at radius 2 is 1.30 bits per heavy atom. The van der Waals surface area contributed by atoms with Gasteiger partial charge in [-0.1, -0.05) is 72.8 Å². The summed E-state index contributed by atoms with van der Waals surface area (Å²) in [5.74, 6) is -2.98. The van der Waals surface area contributed by atoms with Gasteiger partial charge in [0.2, 0.25) is 0 Å². The second kappa shape index (κ2) is 11.0. The number of carboxylic acid groups (broad SMARTS) is 1. The number of fused-ring (bicyclic) bond motifs is 4. The molecule has 3 aliphatic rings. The molecule has 0 amide bonds. The summed E-state index contributed by atoms with van der Waals surface area (Å²) < 4.78 is 16.6. The maximum Gasteiger partial charge on any atom is 0.347 e. The van der Waals surface area contributed by atoms with E-state index in [0.717, 1.165) is 16.7 Å². The molecule has 5 aromatic rings. The summed E-state index contributed by atoms with van der Waals surface area (Å²) in [4.78, 5) is 36.4. The van der Waals surface area contributed by atoms with Crippen LogP contribution in [0.5, 0.6) is 23.0 Å². The van der Waals surface area contributed by atoms with Gasteiger partial charge >= 0.3 is 17.7 Å². The van der Waals surface area contributed by atoms with E-state index in [4.69, 9.17) is 14.2 Å². The second-order valence-corrected chi connectivity index (χ2v) is 10.8. The Kier molecular flexibility index (Phi) is 6.78. The van der Waals surface area contributed by atoms with Crippen molar-refractivity contribution in [3.63, 3.8) is 0 Å². The maximum atomic E-state index is 12.8. The minimum atomic E-state index is -1.65. The van der Waals surface area contributed by atoms with Gasteiger partial charge in [-0.15, -0.1) is 0 Å². The fourth-order valence-corrected chi connectivity index (χ4v) is 5.95. The molecular formula is C37H24O9. The van der Waals surface area contributed by atoms with Gasteiger partial charge in [0, 0.05) is 29.2 Å². The molecule has 1 atom stereocenters. The Balaban J connectivity index is 0.000000149. The van der Waals surface area contributed by atoms with Crippen LogP contribution in [0.3, 0.4) is 0 Å². The van der Waals surface area contributed by atoms with Crippen LogP contribution in [0.4, 0.5) is 0 Å². The van der Waals surface area contributed by atoms with Crippen molar-refractivity contribution in [2.75, 3.05) is 0 Å². The Labute approximate surface area is 262 Å². The number of Topliss-reactive ketones (excluding diaryl/α,β-unsaturated/α-hetero) is 1. The van der Waals surface area contributed by atoms with Crippen LogP contribution < -0.4 is 4.74 Å². The van der Waals surface area contributed by atoms with Gasteiger partial charge < -0.3 is 29.5 Å². The van der Waals surface area contributed by atoms with Crippen LogP contribution in [-0.4, -0.2) is 33.0 Å². The average Bonchev–Trinajstić information content (AvgIpc) is 3.55. The fraction of sp³-hybridized carbons (Fsp3) is 0.0541. The summed E-state index contributed by atoms with van der Waals surface area (Å²) in [6.45, 7) is 0. The summed E-state index contributed by atoms with van der Waals surface area (Å²) in [7, 11) is 0.